The Hall–Kier alpha value is -1.56. The topological polar surface area (TPSA) is 0 Å². The largest absolute Gasteiger partial charge is 0.0801 e. The third-order valence-electron chi connectivity index (χ3n) is 2.14. The number of rotatable bonds is 0. The first-order chi connectivity index (χ1) is 6.47. The molecule has 0 fully saturated rings. The molecule has 0 heterocycles. The highest BCUT2D eigenvalue weighted by Crippen LogP contribution is 2.12. The lowest BCUT2D eigenvalue weighted by Crippen LogP contribution is -1.84. The Morgan fingerprint density at radius 1 is 0.846 bits per heavy atom. The second-order valence-corrected chi connectivity index (χ2v) is 3.08. The van der Waals surface area contributed by atoms with E-state index >= 15 is 0 Å². The van der Waals surface area contributed by atoms with E-state index in [1.165, 1.54) is 11.1 Å². The van der Waals surface area contributed by atoms with Crippen molar-refractivity contribution >= 4 is 6.08 Å². The van der Waals surface area contributed by atoms with Gasteiger partial charge in [-0.1, -0.05) is 60.7 Å². The van der Waals surface area contributed by atoms with Crippen molar-refractivity contribution < 1.29 is 0 Å². The molecule has 0 amide bonds. The van der Waals surface area contributed by atoms with Crippen LogP contribution in [0.3, 0.4) is 0 Å². The fraction of sp³-hybridized carbons (Fsp3) is 0.0769. The van der Waals surface area contributed by atoms with E-state index < -0.39 is 0 Å². The van der Waals surface area contributed by atoms with E-state index in [4.69, 9.17) is 0 Å². The molecule has 64 valence electrons. The van der Waals surface area contributed by atoms with Crippen LogP contribution in [0.1, 0.15) is 11.1 Å². The lowest BCUT2D eigenvalue weighted by molar-refractivity contribution is 1.26. The van der Waals surface area contributed by atoms with E-state index in [2.05, 4.69) is 60.7 Å². The van der Waals surface area contributed by atoms with Gasteiger partial charge in [0.15, 0.2) is 0 Å². The maximum absolute atomic E-state index is 2.18. The molecule has 1 aromatic carbocycles. The van der Waals surface area contributed by atoms with Gasteiger partial charge in [0.05, 0.1) is 0 Å². The summed E-state index contributed by atoms with van der Waals surface area (Å²) in [5, 5.41) is 0. The molecule has 2 rings (SSSR count). The highest BCUT2D eigenvalue weighted by molar-refractivity contribution is 5.56. The van der Waals surface area contributed by atoms with Crippen LogP contribution in [-0.4, -0.2) is 0 Å². The smallest absolute Gasteiger partial charge is 0.00884 e. The molecule has 0 spiro atoms. The summed E-state index contributed by atoms with van der Waals surface area (Å²) in [5.41, 5.74) is 2.71. The van der Waals surface area contributed by atoms with Crippen LogP contribution in [-0.2, 0) is 6.42 Å². The summed E-state index contributed by atoms with van der Waals surface area (Å²) in [4.78, 5) is 0. The van der Waals surface area contributed by atoms with Crippen LogP contribution in [0.4, 0.5) is 0 Å². The zero-order chi connectivity index (χ0) is 8.93. The summed E-state index contributed by atoms with van der Waals surface area (Å²) < 4.78 is 0. The molecule has 1 aliphatic rings. The molecule has 0 N–H and O–H groups in total. The Bertz CT molecular complexity index is 367. The Morgan fingerprint density at radius 3 is 2.69 bits per heavy atom. The molecule has 13 heavy (non-hydrogen) atoms. The fourth-order valence-electron chi connectivity index (χ4n) is 1.44. The zero-order valence-corrected chi connectivity index (χ0v) is 7.48. The standard InChI is InChI=1S/C13H12/c1-2-4-8-12-10-6-7-11-13(12)9-5-3-1/h1-8,10-11H,9H2. The Kier molecular flexibility index (Phi) is 2.42. The van der Waals surface area contributed by atoms with Gasteiger partial charge >= 0.3 is 0 Å². The summed E-state index contributed by atoms with van der Waals surface area (Å²) in [6, 6.07) is 8.49. The normalized spacial score (nSPS) is 14.5. The molecule has 0 aliphatic heterocycles. The maximum Gasteiger partial charge on any atom is -0.00884 e. The number of benzene rings is 1. The van der Waals surface area contributed by atoms with Crippen molar-refractivity contribution in [3.8, 4) is 0 Å². The van der Waals surface area contributed by atoms with Gasteiger partial charge in [-0.05, 0) is 17.5 Å². The molecule has 0 aromatic heterocycles. The molecule has 0 bridgehead atoms. The molecule has 0 radical (unpaired) electrons. The third kappa shape index (κ3) is 1.97. The average molecular weight is 168 g/mol. The van der Waals surface area contributed by atoms with Crippen molar-refractivity contribution in [1.29, 1.82) is 0 Å². The maximum atomic E-state index is 2.18. The first-order valence-electron chi connectivity index (χ1n) is 4.54. The van der Waals surface area contributed by atoms with Crippen LogP contribution in [0.5, 0.6) is 0 Å². The van der Waals surface area contributed by atoms with Crippen molar-refractivity contribution in [2.24, 2.45) is 0 Å². The van der Waals surface area contributed by atoms with Crippen LogP contribution >= 0.6 is 0 Å². The number of hydrogen-bond acceptors (Lipinski definition) is 0. The van der Waals surface area contributed by atoms with Gasteiger partial charge in [0.25, 0.3) is 0 Å². The summed E-state index contributed by atoms with van der Waals surface area (Å²) in [7, 11) is 0. The number of fused-ring (bicyclic) bond motifs is 1. The van der Waals surface area contributed by atoms with E-state index in [1.54, 1.807) is 0 Å². The predicted molar refractivity (Wildman–Crippen MR) is 57.5 cm³/mol. The summed E-state index contributed by atoms with van der Waals surface area (Å²) in [6.45, 7) is 0. The Morgan fingerprint density at radius 2 is 1.69 bits per heavy atom. The minimum absolute atomic E-state index is 1.02. The van der Waals surface area contributed by atoms with Gasteiger partial charge < -0.3 is 0 Å². The highest BCUT2D eigenvalue weighted by atomic mass is 14.0. The second-order valence-electron chi connectivity index (χ2n) is 3.08. The van der Waals surface area contributed by atoms with Crippen molar-refractivity contribution in [2.75, 3.05) is 0 Å². The first kappa shape index (κ1) is 8.06. The second kappa shape index (κ2) is 3.90. The van der Waals surface area contributed by atoms with Crippen molar-refractivity contribution in [2.45, 2.75) is 6.42 Å². The van der Waals surface area contributed by atoms with Crippen molar-refractivity contribution in [1.82, 2.24) is 0 Å². The highest BCUT2D eigenvalue weighted by Gasteiger charge is 1.95. The molecule has 1 aromatic rings. The van der Waals surface area contributed by atoms with E-state index in [0.717, 1.165) is 6.42 Å². The third-order valence-corrected chi connectivity index (χ3v) is 2.14. The number of allylic oxidation sites excluding steroid dienone is 5. The monoisotopic (exact) mass is 168 g/mol. The van der Waals surface area contributed by atoms with Gasteiger partial charge in [0.1, 0.15) is 0 Å². The molecule has 0 nitrogen and oxygen atoms in total. The van der Waals surface area contributed by atoms with Crippen molar-refractivity contribution in [3.63, 3.8) is 0 Å². The molecular formula is C13H12. The Balaban J connectivity index is 2.44. The van der Waals surface area contributed by atoms with Gasteiger partial charge in [0.2, 0.25) is 0 Å². The minimum atomic E-state index is 1.02. The summed E-state index contributed by atoms with van der Waals surface area (Å²) in [6.07, 6.45) is 13.6. The first-order valence-corrected chi connectivity index (χ1v) is 4.54. The van der Waals surface area contributed by atoms with Gasteiger partial charge in [0, 0.05) is 0 Å². The molecular weight excluding hydrogens is 156 g/mol. The van der Waals surface area contributed by atoms with E-state index in [9.17, 15) is 0 Å². The van der Waals surface area contributed by atoms with Crippen LogP contribution in [0, 0.1) is 0 Å². The van der Waals surface area contributed by atoms with Crippen LogP contribution in [0.25, 0.3) is 6.08 Å². The predicted octanol–water partition coefficient (Wildman–Crippen LogP) is 3.37. The van der Waals surface area contributed by atoms with Crippen LogP contribution in [0.2, 0.25) is 0 Å². The SMILES string of the molecule is C1=CC=Cc2ccccc2CC=C1. The molecule has 0 unspecified atom stereocenters. The van der Waals surface area contributed by atoms with Gasteiger partial charge in [-0.25, -0.2) is 0 Å². The van der Waals surface area contributed by atoms with Crippen molar-refractivity contribution in [3.05, 3.63) is 65.8 Å². The zero-order valence-electron chi connectivity index (χ0n) is 7.48. The molecule has 0 atom stereocenters. The minimum Gasteiger partial charge on any atom is -0.0801 e. The fourth-order valence-corrected chi connectivity index (χ4v) is 1.44. The molecule has 0 saturated carbocycles. The van der Waals surface area contributed by atoms with Gasteiger partial charge in [-0.2, -0.15) is 0 Å². The van der Waals surface area contributed by atoms with E-state index in [-0.39, 0.29) is 0 Å². The van der Waals surface area contributed by atoms with E-state index in [0.29, 0.717) is 0 Å². The number of hydrogen-bond donors (Lipinski definition) is 0. The van der Waals surface area contributed by atoms with Gasteiger partial charge in [-0.15, -0.1) is 0 Å². The molecule has 0 saturated heterocycles. The molecule has 0 heteroatoms. The lowest BCUT2D eigenvalue weighted by Gasteiger charge is -2.01. The quantitative estimate of drug-likeness (QED) is 0.557. The summed E-state index contributed by atoms with van der Waals surface area (Å²) >= 11 is 0. The Labute approximate surface area is 78.9 Å². The van der Waals surface area contributed by atoms with Crippen LogP contribution in [0.15, 0.2) is 54.6 Å². The summed E-state index contributed by atoms with van der Waals surface area (Å²) in [5.74, 6) is 0. The molecule has 1 aliphatic carbocycles. The van der Waals surface area contributed by atoms with E-state index in [1.807, 2.05) is 0 Å². The van der Waals surface area contributed by atoms with Gasteiger partial charge in [-0.3, -0.25) is 0 Å². The average Bonchev–Trinajstić information content (AvgIpc) is 2.28. The van der Waals surface area contributed by atoms with Crippen LogP contribution < -0.4 is 0 Å². The lowest BCUT2D eigenvalue weighted by atomic mass is 10.0.